The maximum atomic E-state index is 14.0. The number of unbranched alkanes of at least 4 members (excludes halogenated alkanes) is 1. The molecule has 2 aliphatic heterocycles. The topological polar surface area (TPSA) is 126 Å². The lowest BCUT2D eigenvalue weighted by atomic mass is 9.74. The van der Waals surface area contributed by atoms with E-state index in [0.29, 0.717) is 38.5 Å². The Morgan fingerprint density at radius 2 is 1.59 bits per heavy atom. The molecule has 1 fully saturated rings. The molecule has 3 aromatic carbocycles. The van der Waals surface area contributed by atoms with Gasteiger partial charge in [0.2, 0.25) is 17.7 Å². The molecule has 1 saturated heterocycles. The number of nitrogens with one attached hydrogen (secondary N) is 3. The lowest BCUT2D eigenvalue weighted by molar-refractivity contribution is -0.137. The first-order valence-corrected chi connectivity index (χ1v) is 17.4. The first kappa shape index (κ1) is 35.6. The van der Waals surface area contributed by atoms with Crippen molar-refractivity contribution < 1.29 is 28.7 Å². The summed E-state index contributed by atoms with van der Waals surface area (Å²) in [6.45, 7) is 4.54. The fraction of sp³-hybridized carbons (Fsp3) is 0.436. The van der Waals surface area contributed by atoms with E-state index in [-0.39, 0.29) is 54.7 Å². The lowest BCUT2D eigenvalue weighted by Crippen LogP contribution is -2.52. The van der Waals surface area contributed by atoms with Crippen LogP contribution in [0, 0.1) is 0 Å². The molecule has 0 aliphatic carbocycles. The molecule has 10 nitrogen and oxygen atoms in total. The van der Waals surface area contributed by atoms with Crippen molar-refractivity contribution in [2.24, 2.45) is 0 Å². The van der Waals surface area contributed by atoms with Gasteiger partial charge in [0.25, 0.3) is 5.91 Å². The number of ether oxygens (including phenoxy) is 2. The molecule has 0 aromatic heterocycles. The van der Waals surface area contributed by atoms with E-state index in [4.69, 9.17) is 9.47 Å². The van der Waals surface area contributed by atoms with E-state index in [2.05, 4.69) is 35.0 Å². The van der Waals surface area contributed by atoms with Crippen molar-refractivity contribution in [3.05, 3.63) is 102 Å². The third-order valence-corrected chi connectivity index (χ3v) is 9.48. The molecule has 0 spiro atoms. The summed E-state index contributed by atoms with van der Waals surface area (Å²) in [4.78, 5) is 56.8. The molecule has 0 radical (unpaired) electrons. The van der Waals surface area contributed by atoms with Gasteiger partial charge >= 0.3 is 0 Å². The molecule has 3 aromatic rings. The molecule has 49 heavy (non-hydrogen) atoms. The SMILES string of the molecule is CCCCN1CCOc2ccccc2C(=O)N[C@H](C(=O)NCC2(c3ccccc3)CCOCC2)CCC(=O)N[C@@H](Cc2ccccc2)C1=O. The standard InChI is InChI=1S/C39H48N4O6/c1-2-3-22-43-23-26-49-34-17-11-10-16-31(34)36(45)42-32(18-19-35(44)41-33(38(43)47)27-29-12-6-4-7-13-29)37(46)40-28-39(20-24-48-25-21-39)30-14-8-5-9-15-30/h4-17,32-33H,2-3,18-28H2,1H3,(H,40,46)(H,41,44)(H,42,45)/t32-,33-/m0/s1. The van der Waals surface area contributed by atoms with E-state index in [1.54, 1.807) is 29.2 Å². The highest BCUT2D eigenvalue weighted by molar-refractivity contribution is 6.00. The molecule has 10 heteroatoms. The largest absolute Gasteiger partial charge is 0.491 e. The molecule has 4 amide bonds. The maximum absolute atomic E-state index is 14.0. The molecule has 2 aliphatic rings. The van der Waals surface area contributed by atoms with Crippen molar-refractivity contribution in [2.75, 3.05) is 39.5 Å². The molecule has 2 heterocycles. The Hall–Kier alpha value is -4.70. The maximum Gasteiger partial charge on any atom is 0.255 e. The minimum Gasteiger partial charge on any atom is -0.491 e. The smallest absolute Gasteiger partial charge is 0.255 e. The summed E-state index contributed by atoms with van der Waals surface area (Å²) in [5.74, 6) is -1.06. The van der Waals surface area contributed by atoms with Crippen LogP contribution < -0.4 is 20.7 Å². The quantitative estimate of drug-likeness (QED) is 0.314. The number of benzene rings is 3. The number of fused-ring (bicyclic) bond motifs is 1. The van der Waals surface area contributed by atoms with Crippen LogP contribution in [0.15, 0.2) is 84.9 Å². The minimum atomic E-state index is -1.01. The lowest BCUT2D eigenvalue weighted by Gasteiger charge is -2.38. The first-order valence-electron chi connectivity index (χ1n) is 17.4. The van der Waals surface area contributed by atoms with Gasteiger partial charge in [-0.1, -0.05) is 86.1 Å². The highest BCUT2D eigenvalue weighted by Crippen LogP contribution is 2.34. The van der Waals surface area contributed by atoms with Crippen LogP contribution in [0.2, 0.25) is 0 Å². The average molecular weight is 669 g/mol. The van der Waals surface area contributed by atoms with Crippen molar-refractivity contribution in [3.8, 4) is 5.75 Å². The Kier molecular flexibility index (Phi) is 12.8. The van der Waals surface area contributed by atoms with Crippen LogP contribution in [0.25, 0.3) is 0 Å². The molecule has 5 rings (SSSR count). The molecule has 0 saturated carbocycles. The Labute approximate surface area is 288 Å². The number of carbonyl (C=O) groups excluding carboxylic acids is 4. The number of hydrogen-bond acceptors (Lipinski definition) is 6. The molecule has 3 N–H and O–H groups in total. The number of carbonyl (C=O) groups is 4. The zero-order valence-electron chi connectivity index (χ0n) is 28.3. The van der Waals surface area contributed by atoms with E-state index in [0.717, 1.165) is 36.8 Å². The normalized spacial score (nSPS) is 20.4. The van der Waals surface area contributed by atoms with Crippen molar-refractivity contribution in [2.45, 2.75) is 69.4 Å². The van der Waals surface area contributed by atoms with Gasteiger partial charge in [0.05, 0.1) is 12.1 Å². The number of hydrogen-bond donors (Lipinski definition) is 3. The van der Waals surface area contributed by atoms with Crippen LogP contribution in [0.3, 0.4) is 0 Å². The zero-order chi connectivity index (χ0) is 34.5. The summed E-state index contributed by atoms with van der Waals surface area (Å²) in [5, 5.41) is 8.95. The van der Waals surface area contributed by atoms with Gasteiger partial charge in [0.15, 0.2) is 0 Å². The van der Waals surface area contributed by atoms with Crippen LogP contribution in [-0.4, -0.2) is 80.1 Å². The number of nitrogens with zero attached hydrogens (tertiary/aromatic N) is 1. The Morgan fingerprint density at radius 1 is 0.898 bits per heavy atom. The van der Waals surface area contributed by atoms with Gasteiger partial charge < -0.3 is 30.3 Å². The Bertz CT molecular complexity index is 1540. The van der Waals surface area contributed by atoms with Crippen LogP contribution in [0.5, 0.6) is 5.75 Å². The number of rotatable bonds is 9. The predicted octanol–water partition coefficient (Wildman–Crippen LogP) is 4.18. The molecule has 0 unspecified atom stereocenters. The highest BCUT2D eigenvalue weighted by Gasteiger charge is 2.36. The molecular formula is C39H48N4O6. The highest BCUT2D eigenvalue weighted by atomic mass is 16.5. The van der Waals surface area contributed by atoms with Gasteiger partial charge in [-0.05, 0) is 48.9 Å². The van der Waals surface area contributed by atoms with E-state index in [1.807, 2.05) is 48.5 Å². The first-order chi connectivity index (χ1) is 23.9. The number of amides is 4. The van der Waals surface area contributed by atoms with Gasteiger partial charge in [-0.25, -0.2) is 0 Å². The van der Waals surface area contributed by atoms with Crippen LogP contribution in [0.4, 0.5) is 0 Å². The fourth-order valence-corrected chi connectivity index (χ4v) is 6.54. The second-order valence-corrected chi connectivity index (χ2v) is 12.9. The van der Waals surface area contributed by atoms with Gasteiger partial charge in [-0.3, -0.25) is 19.2 Å². The van der Waals surface area contributed by atoms with Crippen LogP contribution in [0.1, 0.15) is 66.9 Å². The van der Waals surface area contributed by atoms with Gasteiger partial charge in [-0.2, -0.15) is 0 Å². The minimum absolute atomic E-state index is 0.0413. The summed E-state index contributed by atoms with van der Waals surface area (Å²) in [6, 6.07) is 24.7. The molecule has 2 atom stereocenters. The fourth-order valence-electron chi connectivity index (χ4n) is 6.54. The van der Waals surface area contributed by atoms with Crippen molar-refractivity contribution in [3.63, 3.8) is 0 Å². The molecular weight excluding hydrogens is 620 g/mol. The van der Waals surface area contributed by atoms with E-state index >= 15 is 0 Å². The summed E-state index contributed by atoms with van der Waals surface area (Å²) < 4.78 is 11.8. The van der Waals surface area contributed by atoms with Gasteiger partial charge in [0, 0.05) is 44.6 Å². The van der Waals surface area contributed by atoms with Gasteiger partial charge in [-0.15, -0.1) is 0 Å². The Morgan fingerprint density at radius 3 is 2.33 bits per heavy atom. The Balaban J connectivity index is 1.39. The van der Waals surface area contributed by atoms with E-state index in [9.17, 15) is 19.2 Å². The molecule has 0 bridgehead atoms. The molecule has 260 valence electrons. The van der Waals surface area contributed by atoms with Crippen molar-refractivity contribution >= 4 is 23.6 Å². The van der Waals surface area contributed by atoms with Crippen molar-refractivity contribution in [1.82, 2.24) is 20.9 Å². The summed E-state index contributed by atoms with van der Waals surface area (Å²) >= 11 is 0. The number of para-hydroxylation sites is 1. The van der Waals surface area contributed by atoms with Crippen LogP contribution in [-0.2, 0) is 31.0 Å². The zero-order valence-corrected chi connectivity index (χ0v) is 28.3. The summed E-state index contributed by atoms with van der Waals surface area (Å²) in [6.07, 6.45) is 3.48. The third-order valence-electron chi connectivity index (χ3n) is 9.48. The predicted molar refractivity (Wildman–Crippen MR) is 187 cm³/mol. The third kappa shape index (κ3) is 9.69. The summed E-state index contributed by atoms with van der Waals surface area (Å²) in [7, 11) is 0. The van der Waals surface area contributed by atoms with Crippen molar-refractivity contribution in [1.29, 1.82) is 0 Å². The van der Waals surface area contributed by atoms with Crippen LogP contribution >= 0.6 is 0 Å². The van der Waals surface area contributed by atoms with Gasteiger partial charge in [0.1, 0.15) is 24.4 Å². The second-order valence-electron chi connectivity index (χ2n) is 12.9. The van der Waals surface area contributed by atoms with E-state index in [1.165, 1.54) is 0 Å². The second kappa shape index (κ2) is 17.6. The average Bonchev–Trinajstić information content (AvgIpc) is 3.14. The monoisotopic (exact) mass is 668 g/mol. The summed E-state index contributed by atoms with van der Waals surface area (Å²) in [5.41, 5.74) is 2.01. The van der Waals surface area contributed by atoms with E-state index < -0.39 is 18.0 Å².